The average Bonchev–Trinajstić information content (AvgIpc) is 3.30. The van der Waals surface area contributed by atoms with E-state index in [1.165, 1.54) is 6.07 Å². The first-order valence-corrected chi connectivity index (χ1v) is 14.1. The monoisotopic (exact) mass is 663 g/mol. The van der Waals surface area contributed by atoms with Gasteiger partial charge >= 0.3 is 18.3 Å². The number of rotatable bonds is 6. The molecule has 2 aromatic carbocycles. The number of carboxylic acids is 1. The van der Waals surface area contributed by atoms with Crippen molar-refractivity contribution in [3.05, 3.63) is 69.3 Å². The molecule has 1 spiro atoms. The van der Waals surface area contributed by atoms with E-state index in [4.69, 9.17) is 33.7 Å². The van der Waals surface area contributed by atoms with Gasteiger partial charge in [-0.3, -0.25) is 10.1 Å². The van der Waals surface area contributed by atoms with Crippen LogP contribution in [-0.4, -0.2) is 46.4 Å². The molecule has 3 heterocycles. The van der Waals surface area contributed by atoms with Crippen LogP contribution < -0.4 is 21.1 Å². The van der Waals surface area contributed by atoms with Crippen LogP contribution in [0.2, 0.25) is 10.0 Å². The molecule has 236 valence electrons. The van der Waals surface area contributed by atoms with Gasteiger partial charge in [0.15, 0.2) is 0 Å². The van der Waals surface area contributed by atoms with Gasteiger partial charge in [-0.1, -0.05) is 35.3 Å². The molecule has 1 aromatic heterocycles. The number of benzene rings is 2. The third-order valence-corrected chi connectivity index (χ3v) is 8.50. The summed E-state index contributed by atoms with van der Waals surface area (Å²) in [4.78, 5) is 19.9. The number of aliphatic carboxylic acids is 1. The van der Waals surface area contributed by atoms with Crippen molar-refractivity contribution in [2.75, 3.05) is 18.8 Å². The van der Waals surface area contributed by atoms with Crippen LogP contribution in [0.15, 0.2) is 42.5 Å². The second kappa shape index (κ2) is 11.9. The molecular weight excluding hydrogens is 639 g/mol. The molecule has 5 rings (SSSR count). The van der Waals surface area contributed by atoms with E-state index in [-0.39, 0.29) is 28.3 Å². The van der Waals surface area contributed by atoms with Crippen molar-refractivity contribution in [2.24, 2.45) is 5.41 Å². The summed E-state index contributed by atoms with van der Waals surface area (Å²) in [6.45, 7) is 1.20. The number of nitrogen functional groups attached to an aromatic ring is 1. The van der Waals surface area contributed by atoms with Crippen LogP contribution in [0.1, 0.15) is 48.2 Å². The number of hydrogen-bond donors (Lipinski definition) is 4. The molecule has 0 amide bonds. The summed E-state index contributed by atoms with van der Waals surface area (Å²) in [5.41, 5.74) is 3.19. The number of nitrogens with zero attached hydrogens (tertiary/aromatic N) is 2. The van der Waals surface area contributed by atoms with E-state index in [0.29, 0.717) is 32.0 Å². The minimum Gasteiger partial charge on any atom is -0.480 e. The van der Waals surface area contributed by atoms with Gasteiger partial charge in [-0.2, -0.15) is 31.3 Å². The molecule has 3 atom stereocenters. The highest BCUT2D eigenvalue weighted by atomic mass is 35.5. The number of nitrogens with two attached hydrogens (primary N) is 1. The van der Waals surface area contributed by atoms with Gasteiger partial charge in [0.05, 0.1) is 22.3 Å². The maximum absolute atomic E-state index is 14.6. The number of piperidine rings is 1. The maximum atomic E-state index is 14.6. The molecule has 0 aliphatic carbocycles. The summed E-state index contributed by atoms with van der Waals surface area (Å²) >= 11 is 11.8. The van der Waals surface area contributed by atoms with Crippen LogP contribution in [-0.2, 0) is 11.0 Å². The number of hydrogen-bond acceptors (Lipinski definition) is 7. The average molecular weight is 664 g/mol. The molecule has 2 fully saturated rings. The highest BCUT2D eigenvalue weighted by Gasteiger charge is 2.51. The van der Waals surface area contributed by atoms with Gasteiger partial charge in [0, 0.05) is 16.7 Å². The molecule has 2 unspecified atom stereocenters. The molecule has 0 saturated carbocycles. The number of carboxylic acid groups (broad SMARTS) is 1. The van der Waals surface area contributed by atoms with Crippen LogP contribution in [0.5, 0.6) is 5.88 Å². The quantitative estimate of drug-likeness (QED) is 0.218. The smallest absolute Gasteiger partial charge is 0.429 e. The Bertz CT molecular complexity index is 1570. The summed E-state index contributed by atoms with van der Waals surface area (Å²) in [6, 6.07) is 5.53. The topological polar surface area (TPSA) is 122 Å². The fraction of sp³-hybridized carbons (Fsp3) is 0.393. The molecule has 16 heteroatoms. The zero-order valence-corrected chi connectivity index (χ0v) is 24.1. The summed E-state index contributed by atoms with van der Waals surface area (Å²) in [5.74, 6) is -2.05. The van der Waals surface area contributed by atoms with Crippen molar-refractivity contribution >= 4 is 35.1 Å². The van der Waals surface area contributed by atoms with Gasteiger partial charge in [0.25, 0.3) is 0 Å². The number of alkyl halides is 6. The Balaban J connectivity index is 1.57. The van der Waals surface area contributed by atoms with Crippen molar-refractivity contribution < 1.29 is 41.0 Å². The Morgan fingerprint density at radius 1 is 1.05 bits per heavy atom. The highest BCUT2D eigenvalue weighted by Crippen LogP contribution is 2.50. The number of halogens is 8. The first kappa shape index (κ1) is 32.1. The Labute approximate surface area is 256 Å². The molecule has 2 saturated heterocycles. The third-order valence-electron chi connectivity index (χ3n) is 7.94. The second-order valence-corrected chi connectivity index (χ2v) is 11.6. The minimum absolute atomic E-state index is 0.0330. The summed E-state index contributed by atoms with van der Waals surface area (Å²) in [7, 11) is 0. The van der Waals surface area contributed by atoms with Crippen molar-refractivity contribution in [3.63, 3.8) is 0 Å². The molecular formula is C28H25Cl2F6N5O3. The summed E-state index contributed by atoms with van der Waals surface area (Å²) < 4.78 is 90.1. The molecule has 0 radical (unpaired) electrons. The zero-order valence-electron chi connectivity index (χ0n) is 22.6. The standard InChI is InChI=1S/C28H25Cl2F6N5O3/c29-14-2-3-15(16(10-14)13-1-4-18(30)17(9-13)27(31,32)33)23(28(34,35)36)44-21-11-19(40-25(37)41-21)22-26(5-7-38-8-6-26)12-20(39-22)24(42)43/h1-4,9-11,20,22-23,38-39H,5-8,12H2,(H,42,43)(H2,37,40,41)/t20?,22?,23-/m1/s1. The van der Waals surface area contributed by atoms with Gasteiger partial charge in [0.1, 0.15) is 6.04 Å². The lowest BCUT2D eigenvalue weighted by molar-refractivity contribution is -0.198. The van der Waals surface area contributed by atoms with Crippen LogP contribution >= 0.6 is 23.2 Å². The Morgan fingerprint density at radius 2 is 1.75 bits per heavy atom. The van der Waals surface area contributed by atoms with Crippen molar-refractivity contribution in [1.82, 2.24) is 20.6 Å². The molecule has 8 nitrogen and oxygen atoms in total. The number of aromatic nitrogens is 2. The predicted molar refractivity (Wildman–Crippen MR) is 149 cm³/mol. The fourth-order valence-corrected chi connectivity index (χ4v) is 6.35. The lowest BCUT2D eigenvalue weighted by atomic mass is 9.71. The van der Waals surface area contributed by atoms with Crippen LogP contribution in [0.25, 0.3) is 11.1 Å². The van der Waals surface area contributed by atoms with Gasteiger partial charge < -0.3 is 20.9 Å². The van der Waals surface area contributed by atoms with Crippen molar-refractivity contribution in [2.45, 2.75) is 49.8 Å². The van der Waals surface area contributed by atoms with E-state index < -0.39 is 69.9 Å². The molecule has 2 aliphatic heterocycles. The second-order valence-electron chi connectivity index (χ2n) is 10.8. The van der Waals surface area contributed by atoms with Crippen molar-refractivity contribution in [1.29, 1.82) is 0 Å². The zero-order chi connectivity index (χ0) is 32.0. The summed E-state index contributed by atoms with van der Waals surface area (Å²) in [6.07, 6.45) is -11.3. The molecule has 44 heavy (non-hydrogen) atoms. The first-order valence-electron chi connectivity index (χ1n) is 13.3. The van der Waals surface area contributed by atoms with Gasteiger partial charge in [-0.25, -0.2) is 4.98 Å². The Morgan fingerprint density at radius 3 is 2.39 bits per heavy atom. The summed E-state index contributed by atoms with van der Waals surface area (Å²) in [5, 5.41) is 15.3. The van der Waals surface area contributed by atoms with Gasteiger partial charge in [-0.05, 0) is 73.2 Å². The van der Waals surface area contributed by atoms with E-state index in [1.54, 1.807) is 0 Å². The van der Waals surface area contributed by atoms with E-state index >= 15 is 0 Å². The van der Waals surface area contributed by atoms with Crippen LogP contribution in [0, 0.1) is 5.41 Å². The SMILES string of the molecule is Nc1nc(O[C@H](c2ccc(Cl)cc2-c2ccc(Cl)c(C(F)(F)F)c2)C(F)(F)F)cc(C2NC(C(=O)O)CC23CCNCC3)n1. The molecule has 3 aromatic rings. The minimum atomic E-state index is -5.09. The van der Waals surface area contributed by atoms with E-state index in [0.717, 1.165) is 30.3 Å². The Hall–Kier alpha value is -3.33. The largest absolute Gasteiger partial charge is 0.480 e. The first-order chi connectivity index (χ1) is 20.6. The van der Waals surface area contributed by atoms with Crippen LogP contribution in [0.3, 0.4) is 0 Å². The normalized spacial score (nSPS) is 20.9. The lowest BCUT2D eigenvalue weighted by Crippen LogP contribution is -2.40. The Kier molecular flexibility index (Phi) is 8.66. The van der Waals surface area contributed by atoms with E-state index in [9.17, 15) is 36.2 Å². The predicted octanol–water partition coefficient (Wildman–Crippen LogP) is 6.59. The lowest BCUT2D eigenvalue weighted by Gasteiger charge is -2.38. The number of nitrogens with one attached hydrogen (secondary N) is 2. The van der Waals surface area contributed by atoms with E-state index in [1.807, 2.05) is 0 Å². The molecule has 0 bridgehead atoms. The third kappa shape index (κ3) is 6.53. The van der Waals surface area contributed by atoms with Gasteiger partial charge in [0.2, 0.25) is 17.9 Å². The van der Waals surface area contributed by atoms with Crippen LogP contribution in [0.4, 0.5) is 32.3 Å². The van der Waals surface area contributed by atoms with E-state index in [2.05, 4.69) is 20.6 Å². The number of ether oxygens (including phenoxy) is 1. The maximum Gasteiger partial charge on any atom is 0.429 e. The number of anilines is 1. The highest BCUT2D eigenvalue weighted by molar-refractivity contribution is 6.31. The van der Waals surface area contributed by atoms with Crippen molar-refractivity contribution in [3.8, 4) is 17.0 Å². The fourth-order valence-electron chi connectivity index (χ4n) is 5.95. The molecule has 2 aliphatic rings. The molecule has 5 N–H and O–H groups in total. The number of carbonyl (C=O) groups is 1. The van der Waals surface area contributed by atoms with Gasteiger partial charge in [-0.15, -0.1) is 0 Å².